The van der Waals surface area contributed by atoms with Crippen LogP contribution in [0.1, 0.15) is 58.6 Å². The molecule has 1 aliphatic heterocycles. The molecule has 1 aliphatic rings. The van der Waals surface area contributed by atoms with Crippen LogP contribution >= 0.6 is 11.8 Å². The molecule has 0 saturated carbocycles. The van der Waals surface area contributed by atoms with Gasteiger partial charge in [0.25, 0.3) is 0 Å². The molecule has 0 aliphatic carbocycles. The molecule has 0 spiro atoms. The lowest BCUT2D eigenvalue weighted by Crippen LogP contribution is -2.34. The van der Waals surface area contributed by atoms with Crippen molar-refractivity contribution in [2.24, 2.45) is 0 Å². The van der Waals surface area contributed by atoms with Gasteiger partial charge in [0.2, 0.25) is 0 Å². The number of thioether (sulfide) groups is 1. The van der Waals surface area contributed by atoms with Gasteiger partial charge in [0, 0.05) is 16.1 Å². The largest absolute Gasteiger partial charge is 0.508 e. The normalized spacial score (nSPS) is 21.5. The summed E-state index contributed by atoms with van der Waals surface area (Å²) in [6, 6.07) is 13.2. The zero-order valence-corrected chi connectivity index (χ0v) is 16.4. The maximum absolute atomic E-state index is 9.61. The second kappa shape index (κ2) is 9.03. The van der Waals surface area contributed by atoms with Crippen molar-refractivity contribution in [3.8, 4) is 11.5 Å². The van der Waals surface area contributed by atoms with Crippen molar-refractivity contribution in [3.63, 3.8) is 0 Å². The summed E-state index contributed by atoms with van der Waals surface area (Å²) in [5, 5.41) is 19.1. The van der Waals surface area contributed by atoms with Gasteiger partial charge in [0.05, 0.1) is 0 Å². The van der Waals surface area contributed by atoms with Crippen molar-refractivity contribution in [2.75, 3.05) is 5.75 Å². The Morgan fingerprint density at radius 2 is 1.46 bits per heavy atom. The first-order chi connectivity index (χ1) is 11.5. The summed E-state index contributed by atoms with van der Waals surface area (Å²) in [6.07, 6.45) is 0. The number of hydrogen-bond donors (Lipinski definition) is 2. The predicted octanol–water partition coefficient (Wildman–Crippen LogP) is 6.32. The summed E-state index contributed by atoms with van der Waals surface area (Å²) >= 11 is 1.79. The molecule has 2 aromatic rings. The van der Waals surface area contributed by atoms with Gasteiger partial charge in [0.1, 0.15) is 11.5 Å². The Morgan fingerprint density at radius 1 is 0.917 bits per heavy atom. The summed E-state index contributed by atoms with van der Waals surface area (Å²) in [4.78, 5) is 1.17. The number of phenolic OH excluding ortho intramolecular Hbond substituents is 2. The van der Waals surface area contributed by atoms with E-state index in [1.807, 2.05) is 52.0 Å². The van der Waals surface area contributed by atoms with Crippen LogP contribution < -0.4 is 0 Å². The minimum Gasteiger partial charge on any atom is -0.508 e. The zero-order chi connectivity index (χ0) is 18.3. The Kier molecular flexibility index (Phi) is 7.68. The van der Waals surface area contributed by atoms with Gasteiger partial charge >= 0.3 is 0 Å². The summed E-state index contributed by atoms with van der Waals surface area (Å²) in [5.41, 5.74) is 2.56. The van der Waals surface area contributed by atoms with Crippen LogP contribution in [-0.2, 0) is 5.41 Å². The van der Waals surface area contributed by atoms with E-state index in [-0.39, 0.29) is 5.41 Å². The highest BCUT2D eigenvalue weighted by Crippen LogP contribution is 2.50. The molecule has 0 radical (unpaired) electrons. The van der Waals surface area contributed by atoms with E-state index >= 15 is 0 Å². The molecular formula is C21H30O2S. The lowest BCUT2D eigenvalue weighted by molar-refractivity contribution is 0.428. The molecule has 132 valence electrons. The molecule has 0 amide bonds. The van der Waals surface area contributed by atoms with Gasteiger partial charge in [-0.3, -0.25) is 0 Å². The molecule has 2 nitrogen and oxygen atoms in total. The van der Waals surface area contributed by atoms with E-state index in [4.69, 9.17) is 0 Å². The second-order valence-corrected chi connectivity index (χ2v) is 6.71. The lowest BCUT2D eigenvalue weighted by atomic mass is 9.71. The Balaban J connectivity index is 0.000000671. The molecule has 0 bridgehead atoms. The molecule has 0 aromatic heterocycles. The van der Waals surface area contributed by atoms with Crippen molar-refractivity contribution in [1.82, 2.24) is 0 Å². The van der Waals surface area contributed by atoms with Crippen LogP contribution in [0.25, 0.3) is 0 Å². The van der Waals surface area contributed by atoms with E-state index in [0.29, 0.717) is 17.4 Å². The van der Waals surface area contributed by atoms with E-state index in [2.05, 4.69) is 13.8 Å². The number of benzene rings is 2. The molecule has 1 heterocycles. The summed E-state index contributed by atoms with van der Waals surface area (Å²) < 4.78 is 0. The standard InChI is InChI=1S/C17H18O2S.2C2H6/c1-11-15-8-7-14(19)9-16(15)20-10-17(11,2)12-3-5-13(18)6-4-12;2*1-2/h3-9,11,18-19H,10H2,1-2H3;2*1-2H3/t11?,17-;;/m0../s1. The quantitative estimate of drug-likeness (QED) is 0.635. The summed E-state index contributed by atoms with van der Waals surface area (Å²) in [5.74, 6) is 1.97. The third kappa shape index (κ3) is 4.07. The van der Waals surface area contributed by atoms with Crippen molar-refractivity contribution in [1.29, 1.82) is 0 Å². The van der Waals surface area contributed by atoms with Crippen molar-refractivity contribution in [2.45, 2.75) is 57.8 Å². The van der Waals surface area contributed by atoms with Crippen LogP contribution in [0.5, 0.6) is 11.5 Å². The van der Waals surface area contributed by atoms with Crippen LogP contribution in [0.15, 0.2) is 47.4 Å². The Labute approximate surface area is 150 Å². The van der Waals surface area contributed by atoms with E-state index in [1.165, 1.54) is 16.0 Å². The maximum Gasteiger partial charge on any atom is 0.116 e. The molecule has 0 fully saturated rings. The fourth-order valence-electron chi connectivity index (χ4n) is 2.88. The Hall–Kier alpha value is -1.61. The monoisotopic (exact) mass is 346 g/mol. The van der Waals surface area contributed by atoms with Gasteiger partial charge < -0.3 is 10.2 Å². The maximum atomic E-state index is 9.61. The van der Waals surface area contributed by atoms with E-state index in [9.17, 15) is 10.2 Å². The summed E-state index contributed by atoms with van der Waals surface area (Å²) in [6.45, 7) is 12.5. The minimum absolute atomic E-state index is 0.0301. The fraction of sp³-hybridized carbons (Fsp3) is 0.429. The van der Waals surface area contributed by atoms with Crippen LogP contribution in [0, 0.1) is 0 Å². The fourth-order valence-corrected chi connectivity index (χ4v) is 4.36. The first kappa shape index (κ1) is 20.4. The molecule has 2 aromatic carbocycles. The average molecular weight is 347 g/mol. The molecule has 3 rings (SSSR count). The Morgan fingerprint density at radius 3 is 2.04 bits per heavy atom. The van der Waals surface area contributed by atoms with Crippen molar-refractivity contribution < 1.29 is 10.2 Å². The average Bonchev–Trinajstić information content (AvgIpc) is 2.62. The number of hydrogen-bond acceptors (Lipinski definition) is 3. The predicted molar refractivity (Wildman–Crippen MR) is 105 cm³/mol. The Bertz CT molecular complexity index is 637. The van der Waals surface area contributed by atoms with Gasteiger partial charge in [-0.15, -0.1) is 11.8 Å². The first-order valence-corrected chi connectivity index (χ1v) is 9.74. The highest BCUT2D eigenvalue weighted by atomic mass is 32.2. The molecule has 2 atom stereocenters. The van der Waals surface area contributed by atoms with E-state index < -0.39 is 0 Å². The van der Waals surface area contributed by atoms with Crippen LogP contribution in [0.2, 0.25) is 0 Å². The summed E-state index contributed by atoms with van der Waals surface area (Å²) in [7, 11) is 0. The SMILES string of the molecule is CC.CC.CC1c2ccc(O)cc2SC[C@]1(C)c1ccc(O)cc1. The van der Waals surface area contributed by atoms with E-state index in [0.717, 1.165) is 5.75 Å². The van der Waals surface area contributed by atoms with Crippen molar-refractivity contribution in [3.05, 3.63) is 53.6 Å². The highest BCUT2D eigenvalue weighted by Gasteiger charge is 2.38. The van der Waals surface area contributed by atoms with Crippen molar-refractivity contribution >= 4 is 11.8 Å². The second-order valence-electron chi connectivity index (χ2n) is 5.70. The molecule has 2 N–H and O–H groups in total. The smallest absolute Gasteiger partial charge is 0.116 e. The van der Waals surface area contributed by atoms with E-state index in [1.54, 1.807) is 30.0 Å². The molecule has 3 heteroatoms. The van der Waals surface area contributed by atoms with Crippen LogP contribution in [0.3, 0.4) is 0 Å². The van der Waals surface area contributed by atoms with Gasteiger partial charge in [-0.1, -0.05) is 59.7 Å². The number of fused-ring (bicyclic) bond motifs is 1. The third-order valence-corrected chi connectivity index (χ3v) is 5.88. The van der Waals surface area contributed by atoms with Gasteiger partial charge in [0.15, 0.2) is 0 Å². The molecule has 1 unspecified atom stereocenters. The third-order valence-electron chi connectivity index (χ3n) is 4.47. The molecular weight excluding hydrogens is 316 g/mol. The van der Waals surface area contributed by atoms with Crippen LogP contribution in [-0.4, -0.2) is 16.0 Å². The minimum atomic E-state index is 0.0301. The van der Waals surface area contributed by atoms with Crippen LogP contribution in [0.4, 0.5) is 0 Å². The van der Waals surface area contributed by atoms with Gasteiger partial charge in [-0.2, -0.15) is 0 Å². The first-order valence-electron chi connectivity index (χ1n) is 8.76. The van der Waals surface area contributed by atoms with Gasteiger partial charge in [-0.25, -0.2) is 0 Å². The zero-order valence-electron chi connectivity index (χ0n) is 15.6. The number of aromatic hydroxyl groups is 2. The molecule has 24 heavy (non-hydrogen) atoms. The lowest BCUT2D eigenvalue weighted by Gasteiger charge is -2.41. The highest BCUT2D eigenvalue weighted by molar-refractivity contribution is 7.99. The molecule has 0 saturated heterocycles. The van der Waals surface area contributed by atoms with Gasteiger partial charge in [-0.05, 0) is 41.3 Å². The number of rotatable bonds is 1. The topological polar surface area (TPSA) is 40.5 Å². The number of phenols is 2.